The second kappa shape index (κ2) is 8.52. The fraction of sp³-hybridized carbons (Fsp3) is 0.182. The number of nitrogens with one attached hydrogen (secondary N) is 1. The summed E-state index contributed by atoms with van der Waals surface area (Å²) in [5.74, 6) is 1.20. The highest BCUT2D eigenvalue weighted by molar-refractivity contribution is 7.11. The summed E-state index contributed by atoms with van der Waals surface area (Å²) in [6.07, 6.45) is 1.73. The highest BCUT2D eigenvalue weighted by Gasteiger charge is 2.10. The molecule has 1 aromatic heterocycles. The lowest BCUT2D eigenvalue weighted by molar-refractivity contribution is 0.415. The summed E-state index contributed by atoms with van der Waals surface area (Å²) in [4.78, 5) is 4.62. The predicted octanol–water partition coefficient (Wildman–Crippen LogP) is 5.92. The maximum atomic E-state index is 9.58. The molecule has 0 atom stereocenters. The highest BCUT2D eigenvalue weighted by atomic mass is 32.1. The number of aromatic nitrogens is 1. The van der Waals surface area contributed by atoms with Gasteiger partial charge in [0.25, 0.3) is 0 Å². The Morgan fingerprint density at radius 2 is 1.93 bits per heavy atom. The molecule has 1 heterocycles. The Hall–Kier alpha value is -3.10. The van der Waals surface area contributed by atoms with Crippen molar-refractivity contribution >= 4 is 22.6 Å². The lowest BCUT2D eigenvalue weighted by Crippen LogP contribution is -1.97. The topological polar surface area (TPSA) is 57.9 Å². The summed E-state index contributed by atoms with van der Waals surface area (Å²) in [6.45, 7) is 4.30. The van der Waals surface area contributed by atoms with Crippen LogP contribution in [0, 0.1) is 11.3 Å². The van der Waals surface area contributed by atoms with Crippen molar-refractivity contribution in [2.24, 2.45) is 0 Å². The molecule has 0 spiro atoms. The third kappa shape index (κ3) is 4.36. The number of thiazole rings is 1. The van der Waals surface area contributed by atoms with Gasteiger partial charge in [0.1, 0.15) is 22.4 Å². The third-order valence-corrected chi connectivity index (χ3v) is 5.07. The first kappa shape index (κ1) is 18.7. The van der Waals surface area contributed by atoms with Gasteiger partial charge in [-0.05, 0) is 41.8 Å². The number of ether oxygens (including phenoxy) is 1. The second-order valence-corrected chi connectivity index (χ2v) is 7.18. The average Bonchev–Trinajstić information content (AvgIpc) is 3.19. The summed E-state index contributed by atoms with van der Waals surface area (Å²) in [5, 5.41) is 15.5. The molecule has 0 fully saturated rings. The number of nitriles is 1. The summed E-state index contributed by atoms with van der Waals surface area (Å²) in [7, 11) is 1.64. The van der Waals surface area contributed by atoms with Crippen molar-refractivity contribution < 1.29 is 4.74 Å². The van der Waals surface area contributed by atoms with Gasteiger partial charge >= 0.3 is 0 Å². The minimum absolute atomic E-state index is 0.397. The van der Waals surface area contributed by atoms with Crippen molar-refractivity contribution in [3.05, 3.63) is 70.7 Å². The molecule has 0 amide bonds. The maximum Gasteiger partial charge on any atom is 0.136 e. The molecule has 5 heteroatoms. The van der Waals surface area contributed by atoms with Crippen LogP contribution in [0.2, 0.25) is 0 Å². The number of para-hydroxylation sites is 1. The van der Waals surface area contributed by atoms with Crippen molar-refractivity contribution in [2.75, 3.05) is 12.4 Å². The Morgan fingerprint density at radius 3 is 2.59 bits per heavy atom. The Labute approximate surface area is 163 Å². The van der Waals surface area contributed by atoms with E-state index in [1.54, 1.807) is 13.3 Å². The van der Waals surface area contributed by atoms with Gasteiger partial charge in [-0.2, -0.15) is 5.26 Å². The van der Waals surface area contributed by atoms with Crippen molar-refractivity contribution in [2.45, 2.75) is 19.8 Å². The second-order valence-electron chi connectivity index (χ2n) is 6.32. The van der Waals surface area contributed by atoms with Crippen LogP contribution in [0.25, 0.3) is 16.8 Å². The van der Waals surface area contributed by atoms with Crippen LogP contribution in [0.1, 0.15) is 30.3 Å². The van der Waals surface area contributed by atoms with E-state index in [2.05, 4.69) is 36.3 Å². The summed E-state index contributed by atoms with van der Waals surface area (Å²) in [5.41, 5.74) is 4.57. The van der Waals surface area contributed by atoms with Crippen LogP contribution in [-0.2, 0) is 0 Å². The highest BCUT2D eigenvalue weighted by Crippen LogP contribution is 2.28. The molecule has 4 nitrogen and oxygen atoms in total. The summed E-state index contributed by atoms with van der Waals surface area (Å²) >= 11 is 1.46. The Bertz CT molecular complexity index is 981. The van der Waals surface area contributed by atoms with E-state index in [0.717, 1.165) is 22.7 Å². The molecule has 0 saturated carbocycles. The number of allylic oxidation sites excluding steroid dienone is 1. The molecule has 0 aliphatic heterocycles. The van der Waals surface area contributed by atoms with Crippen LogP contribution in [-0.4, -0.2) is 12.1 Å². The van der Waals surface area contributed by atoms with Crippen LogP contribution < -0.4 is 10.1 Å². The van der Waals surface area contributed by atoms with Gasteiger partial charge < -0.3 is 10.1 Å². The minimum Gasteiger partial charge on any atom is -0.497 e. The number of methoxy groups -OCH3 is 1. The quantitative estimate of drug-likeness (QED) is 0.543. The van der Waals surface area contributed by atoms with Gasteiger partial charge in [-0.25, -0.2) is 4.98 Å². The lowest BCUT2D eigenvalue weighted by Gasteiger charge is -2.12. The molecule has 0 saturated heterocycles. The lowest BCUT2D eigenvalue weighted by atomic mass is 10.0. The summed E-state index contributed by atoms with van der Waals surface area (Å²) < 4.78 is 5.19. The maximum absolute atomic E-state index is 9.58. The van der Waals surface area contributed by atoms with Gasteiger partial charge in [-0.3, -0.25) is 0 Å². The van der Waals surface area contributed by atoms with E-state index in [9.17, 15) is 5.26 Å². The van der Waals surface area contributed by atoms with Gasteiger partial charge in [0.05, 0.1) is 12.8 Å². The van der Waals surface area contributed by atoms with Crippen LogP contribution in [0.4, 0.5) is 5.69 Å². The molecular weight excluding hydrogens is 354 g/mol. The van der Waals surface area contributed by atoms with Crippen molar-refractivity contribution in [1.82, 2.24) is 4.98 Å². The molecule has 0 radical (unpaired) electrons. The van der Waals surface area contributed by atoms with E-state index in [4.69, 9.17) is 4.74 Å². The monoisotopic (exact) mass is 375 g/mol. The zero-order chi connectivity index (χ0) is 19.2. The fourth-order valence-corrected chi connectivity index (χ4v) is 3.51. The standard InChI is InChI=1S/C22H21N3OS/c1-15(2)19-6-4-5-7-20(19)24-13-17(12-23)22-25-21(14-27-22)16-8-10-18(26-3)11-9-16/h4-11,13-15,24H,1-3H3. The number of rotatable bonds is 6. The number of hydrogen-bond donors (Lipinski definition) is 1. The van der Waals surface area contributed by atoms with E-state index in [1.807, 2.05) is 47.8 Å². The van der Waals surface area contributed by atoms with E-state index in [-0.39, 0.29) is 0 Å². The van der Waals surface area contributed by atoms with Crippen LogP contribution in [0.15, 0.2) is 60.1 Å². The normalized spacial score (nSPS) is 11.3. The van der Waals surface area contributed by atoms with Crippen LogP contribution in [0.5, 0.6) is 5.75 Å². The number of anilines is 1. The molecule has 0 unspecified atom stereocenters. The zero-order valence-electron chi connectivity index (χ0n) is 15.6. The van der Waals surface area contributed by atoms with Crippen molar-refractivity contribution in [3.63, 3.8) is 0 Å². The first-order valence-corrected chi connectivity index (χ1v) is 9.56. The Balaban J connectivity index is 1.83. The molecule has 27 heavy (non-hydrogen) atoms. The smallest absolute Gasteiger partial charge is 0.136 e. The van der Waals surface area contributed by atoms with Crippen LogP contribution in [0.3, 0.4) is 0 Å². The Morgan fingerprint density at radius 1 is 1.19 bits per heavy atom. The Kier molecular flexibility index (Phi) is 5.90. The molecule has 3 aromatic rings. The molecule has 0 bridgehead atoms. The number of hydrogen-bond acceptors (Lipinski definition) is 5. The first-order chi connectivity index (χ1) is 13.1. The van der Waals surface area contributed by atoms with E-state index in [0.29, 0.717) is 16.5 Å². The SMILES string of the molecule is COc1ccc(-c2csc(C(C#N)=CNc3ccccc3C(C)C)n2)cc1. The van der Waals surface area contributed by atoms with E-state index < -0.39 is 0 Å². The minimum atomic E-state index is 0.397. The van der Waals surface area contributed by atoms with Gasteiger partial charge in [-0.15, -0.1) is 11.3 Å². The van der Waals surface area contributed by atoms with Crippen LogP contribution >= 0.6 is 11.3 Å². The molecule has 3 rings (SSSR count). The van der Waals surface area contributed by atoms with Gasteiger partial charge in [0.15, 0.2) is 0 Å². The zero-order valence-corrected chi connectivity index (χ0v) is 16.4. The number of nitrogens with zero attached hydrogens (tertiary/aromatic N) is 2. The third-order valence-electron chi connectivity index (χ3n) is 4.20. The predicted molar refractivity (Wildman–Crippen MR) is 112 cm³/mol. The molecule has 0 aliphatic rings. The average molecular weight is 375 g/mol. The summed E-state index contributed by atoms with van der Waals surface area (Å²) in [6, 6.07) is 18.1. The number of benzene rings is 2. The van der Waals surface area contributed by atoms with E-state index in [1.165, 1.54) is 16.9 Å². The molecule has 1 N–H and O–H groups in total. The van der Waals surface area contributed by atoms with E-state index >= 15 is 0 Å². The largest absolute Gasteiger partial charge is 0.497 e. The molecule has 0 aliphatic carbocycles. The fourth-order valence-electron chi connectivity index (χ4n) is 2.72. The van der Waals surface area contributed by atoms with Gasteiger partial charge in [0, 0.05) is 22.8 Å². The van der Waals surface area contributed by atoms with Crippen molar-refractivity contribution in [3.8, 4) is 23.1 Å². The molecule has 2 aromatic carbocycles. The van der Waals surface area contributed by atoms with Gasteiger partial charge in [0.2, 0.25) is 0 Å². The molecule has 136 valence electrons. The van der Waals surface area contributed by atoms with Gasteiger partial charge in [-0.1, -0.05) is 32.0 Å². The van der Waals surface area contributed by atoms with Crippen molar-refractivity contribution in [1.29, 1.82) is 5.26 Å². The molecular formula is C22H21N3OS. The first-order valence-electron chi connectivity index (χ1n) is 8.68.